The zero-order valence-corrected chi connectivity index (χ0v) is 16.9. The van der Waals surface area contributed by atoms with Gasteiger partial charge in [-0.2, -0.15) is 0 Å². The third kappa shape index (κ3) is 3.48. The van der Waals surface area contributed by atoms with Crippen LogP contribution >= 0.6 is 0 Å². The second-order valence-electron chi connectivity index (χ2n) is 8.02. The van der Waals surface area contributed by atoms with Crippen LogP contribution in [0.25, 0.3) is 0 Å². The molecular formula is C24H24N2O3. The van der Waals surface area contributed by atoms with Gasteiger partial charge in [0.15, 0.2) is 0 Å². The van der Waals surface area contributed by atoms with Crippen LogP contribution in [0.15, 0.2) is 54.1 Å². The molecule has 3 amide bonds. The monoisotopic (exact) mass is 388 g/mol. The molecule has 5 nitrogen and oxygen atoms in total. The number of amides is 3. The normalized spacial score (nSPS) is 21.1. The Morgan fingerprint density at radius 3 is 2.48 bits per heavy atom. The van der Waals surface area contributed by atoms with Crippen molar-refractivity contribution in [3.05, 3.63) is 70.8 Å². The van der Waals surface area contributed by atoms with Crippen LogP contribution in [0.2, 0.25) is 0 Å². The second kappa shape index (κ2) is 7.32. The predicted octanol–water partition coefficient (Wildman–Crippen LogP) is 4.40. The fourth-order valence-corrected chi connectivity index (χ4v) is 4.10. The molecule has 2 aliphatic rings. The van der Waals surface area contributed by atoms with Crippen LogP contribution in [-0.4, -0.2) is 17.7 Å². The highest BCUT2D eigenvalue weighted by Crippen LogP contribution is 2.39. The van der Waals surface area contributed by atoms with E-state index < -0.39 is 0 Å². The van der Waals surface area contributed by atoms with E-state index >= 15 is 0 Å². The van der Waals surface area contributed by atoms with Crippen molar-refractivity contribution in [1.82, 2.24) is 0 Å². The first kappa shape index (κ1) is 19.1. The molecule has 0 spiro atoms. The van der Waals surface area contributed by atoms with Crippen molar-refractivity contribution in [2.75, 3.05) is 10.2 Å². The van der Waals surface area contributed by atoms with Gasteiger partial charge in [0, 0.05) is 11.3 Å². The number of nitrogens with one attached hydrogen (secondary N) is 1. The highest BCUT2D eigenvalue weighted by molar-refractivity contribution is 6.22. The molecule has 0 unspecified atom stereocenters. The summed E-state index contributed by atoms with van der Waals surface area (Å²) in [6, 6.07) is 12.5. The zero-order valence-electron chi connectivity index (χ0n) is 16.9. The van der Waals surface area contributed by atoms with Gasteiger partial charge in [0.2, 0.25) is 11.8 Å². The largest absolute Gasteiger partial charge is 0.322 e. The van der Waals surface area contributed by atoms with Gasteiger partial charge in [-0.05, 0) is 75.1 Å². The average molecular weight is 388 g/mol. The Labute approximate surface area is 170 Å². The van der Waals surface area contributed by atoms with Gasteiger partial charge in [0.1, 0.15) is 0 Å². The van der Waals surface area contributed by atoms with E-state index in [0.717, 1.165) is 16.7 Å². The first-order valence-corrected chi connectivity index (χ1v) is 9.87. The summed E-state index contributed by atoms with van der Waals surface area (Å²) in [5.74, 6) is -1.20. The number of hydrogen-bond donors (Lipinski definition) is 1. The Kier molecular flexibility index (Phi) is 4.82. The highest BCUT2D eigenvalue weighted by Gasteiger charge is 2.48. The van der Waals surface area contributed by atoms with E-state index in [2.05, 4.69) is 5.32 Å². The maximum Gasteiger partial charge on any atom is 0.255 e. The summed E-state index contributed by atoms with van der Waals surface area (Å²) in [5.41, 5.74) is 4.98. The Bertz CT molecular complexity index is 1050. The van der Waals surface area contributed by atoms with Gasteiger partial charge in [-0.1, -0.05) is 23.8 Å². The molecular weight excluding hydrogens is 364 g/mol. The summed E-state index contributed by atoms with van der Waals surface area (Å²) in [6.07, 6.45) is 3.27. The van der Waals surface area contributed by atoms with Crippen LogP contribution < -0.4 is 10.2 Å². The Hall–Kier alpha value is -3.21. The Balaban J connectivity index is 1.57. The van der Waals surface area contributed by atoms with Gasteiger partial charge >= 0.3 is 0 Å². The minimum Gasteiger partial charge on any atom is -0.322 e. The van der Waals surface area contributed by atoms with E-state index in [4.69, 9.17) is 0 Å². The lowest BCUT2D eigenvalue weighted by molar-refractivity contribution is -0.122. The number of allylic oxidation sites excluding steroid dienone is 2. The van der Waals surface area contributed by atoms with Crippen LogP contribution in [-0.2, 0) is 9.59 Å². The molecule has 1 aliphatic carbocycles. The van der Waals surface area contributed by atoms with Crippen molar-refractivity contribution < 1.29 is 14.4 Å². The minimum atomic E-state index is -0.292. The molecule has 2 aromatic rings. The van der Waals surface area contributed by atoms with Crippen LogP contribution in [0.5, 0.6) is 0 Å². The average Bonchev–Trinajstić information content (AvgIpc) is 2.94. The van der Waals surface area contributed by atoms with Crippen molar-refractivity contribution in [3.63, 3.8) is 0 Å². The van der Waals surface area contributed by atoms with Crippen molar-refractivity contribution in [1.29, 1.82) is 0 Å². The third-order valence-corrected chi connectivity index (χ3v) is 5.95. The van der Waals surface area contributed by atoms with Crippen LogP contribution in [0.3, 0.4) is 0 Å². The van der Waals surface area contributed by atoms with Crippen LogP contribution in [0.1, 0.15) is 41.3 Å². The number of carbonyl (C=O) groups excluding carboxylic acids is 3. The van der Waals surface area contributed by atoms with Gasteiger partial charge in [0.25, 0.3) is 5.91 Å². The molecule has 0 bridgehead atoms. The number of carbonyl (C=O) groups is 3. The second-order valence-corrected chi connectivity index (χ2v) is 8.02. The maximum absolute atomic E-state index is 12.9. The summed E-state index contributed by atoms with van der Waals surface area (Å²) >= 11 is 0. The highest BCUT2D eigenvalue weighted by atomic mass is 16.2. The lowest BCUT2D eigenvalue weighted by atomic mass is 9.82. The van der Waals surface area contributed by atoms with E-state index in [0.29, 0.717) is 29.8 Å². The summed E-state index contributed by atoms with van der Waals surface area (Å²) in [4.78, 5) is 39.8. The van der Waals surface area contributed by atoms with Crippen LogP contribution in [0.4, 0.5) is 11.4 Å². The molecule has 0 radical (unpaired) electrons. The van der Waals surface area contributed by atoms with Gasteiger partial charge in [-0.25, -0.2) is 0 Å². The molecule has 2 aromatic carbocycles. The molecule has 0 saturated carbocycles. The number of benzene rings is 2. The quantitative estimate of drug-likeness (QED) is 0.626. The topological polar surface area (TPSA) is 66.5 Å². The van der Waals surface area contributed by atoms with E-state index in [1.807, 2.05) is 45.0 Å². The number of hydrogen-bond acceptors (Lipinski definition) is 3. The molecule has 0 aromatic heterocycles. The molecule has 1 saturated heterocycles. The van der Waals surface area contributed by atoms with E-state index in [-0.39, 0.29) is 29.6 Å². The molecule has 1 N–H and O–H groups in total. The molecule has 148 valence electrons. The SMILES string of the molecule is CC1=CC[C@H]2C(=O)N(c3cccc(C(=O)Nc4ccc(C)c(C)c4)c3)C(=O)[C@H]2C1. The number of rotatable bonds is 3. The lowest BCUT2D eigenvalue weighted by Gasteiger charge is -2.18. The van der Waals surface area contributed by atoms with Gasteiger partial charge in [0.05, 0.1) is 17.5 Å². The predicted molar refractivity (Wildman–Crippen MR) is 113 cm³/mol. The lowest BCUT2D eigenvalue weighted by Crippen LogP contribution is -2.31. The molecule has 2 atom stereocenters. The van der Waals surface area contributed by atoms with Gasteiger partial charge in [-0.3, -0.25) is 19.3 Å². The number of aryl methyl sites for hydroxylation is 2. The Morgan fingerprint density at radius 1 is 0.966 bits per heavy atom. The number of imide groups is 1. The molecule has 5 heteroatoms. The van der Waals surface area contributed by atoms with E-state index in [1.54, 1.807) is 24.3 Å². The summed E-state index contributed by atoms with van der Waals surface area (Å²) in [6.45, 7) is 6.00. The maximum atomic E-state index is 12.9. The van der Waals surface area contributed by atoms with Gasteiger partial charge < -0.3 is 5.32 Å². The smallest absolute Gasteiger partial charge is 0.255 e. The fourth-order valence-electron chi connectivity index (χ4n) is 4.10. The molecule has 4 rings (SSSR count). The minimum absolute atomic E-state index is 0.167. The van der Waals surface area contributed by atoms with Crippen LogP contribution in [0, 0.1) is 25.7 Å². The molecule has 1 aliphatic heterocycles. The fraction of sp³-hybridized carbons (Fsp3) is 0.292. The molecule has 29 heavy (non-hydrogen) atoms. The summed E-state index contributed by atoms with van der Waals surface area (Å²) in [5, 5.41) is 2.89. The van der Waals surface area contributed by atoms with Crippen molar-refractivity contribution in [2.24, 2.45) is 11.8 Å². The van der Waals surface area contributed by atoms with Crippen molar-refractivity contribution in [3.8, 4) is 0 Å². The number of fused-ring (bicyclic) bond motifs is 1. The summed E-state index contributed by atoms with van der Waals surface area (Å²) in [7, 11) is 0. The molecule has 1 heterocycles. The summed E-state index contributed by atoms with van der Waals surface area (Å²) < 4.78 is 0. The number of nitrogens with zero attached hydrogens (tertiary/aromatic N) is 1. The van der Waals surface area contributed by atoms with Gasteiger partial charge in [-0.15, -0.1) is 0 Å². The van der Waals surface area contributed by atoms with E-state index in [1.165, 1.54) is 4.90 Å². The molecule has 1 fully saturated rings. The van der Waals surface area contributed by atoms with Crippen molar-refractivity contribution in [2.45, 2.75) is 33.6 Å². The van der Waals surface area contributed by atoms with E-state index in [9.17, 15) is 14.4 Å². The third-order valence-electron chi connectivity index (χ3n) is 5.95. The Morgan fingerprint density at radius 2 is 1.72 bits per heavy atom. The standard InChI is InChI=1S/C24H24N2O3/c1-14-7-10-20-21(11-14)24(29)26(23(20)28)19-6-4-5-17(13-19)22(27)25-18-9-8-15(2)16(3)12-18/h4-9,12-13,20-21H,10-11H2,1-3H3,(H,25,27)/t20-,21+/m1/s1. The first-order valence-electron chi connectivity index (χ1n) is 9.87. The van der Waals surface area contributed by atoms with Crippen molar-refractivity contribution >= 4 is 29.1 Å². The first-order chi connectivity index (χ1) is 13.8. The zero-order chi connectivity index (χ0) is 20.7. The number of anilines is 2.